The molecular weight excluding hydrogens is 524 g/mol. The van der Waals surface area contributed by atoms with E-state index < -0.39 is 18.0 Å². The van der Waals surface area contributed by atoms with E-state index in [1.807, 2.05) is 50.3 Å². The van der Waals surface area contributed by atoms with Crippen molar-refractivity contribution in [2.75, 3.05) is 33.4 Å². The van der Waals surface area contributed by atoms with Gasteiger partial charge in [-0.25, -0.2) is 9.59 Å². The number of rotatable bonds is 15. The van der Waals surface area contributed by atoms with E-state index in [1.54, 1.807) is 0 Å². The molecule has 0 bridgehead atoms. The predicted molar refractivity (Wildman–Crippen MR) is 156 cm³/mol. The van der Waals surface area contributed by atoms with Crippen LogP contribution in [0.15, 0.2) is 42.0 Å². The number of nitrogens with two attached hydrogens (primary N) is 1. The van der Waals surface area contributed by atoms with Gasteiger partial charge in [-0.15, -0.1) is 0 Å². The maximum absolute atomic E-state index is 13.1. The second kappa shape index (κ2) is 15.3. The van der Waals surface area contributed by atoms with Crippen LogP contribution in [0.5, 0.6) is 11.5 Å². The fourth-order valence-corrected chi connectivity index (χ4v) is 4.83. The van der Waals surface area contributed by atoms with Crippen molar-refractivity contribution in [2.24, 2.45) is 5.73 Å². The third-order valence-electron chi connectivity index (χ3n) is 7.37. The number of carbonyl (C=O) groups is 3. The Morgan fingerprint density at radius 1 is 1.12 bits per heavy atom. The number of esters is 3. The molecule has 9 nitrogen and oxygen atoms in total. The van der Waals surface area contributed by atoms with Gasteiger partial charge in [0.1, 0.15) is 30.6 Å². The lowest BCUT2D eigenvalue weighted by Crippen LogP contribution is -2.36. The quantitative estimate of drug-likeness (QED) is 0.191. The molecule has 1 heterocycles. The van der Waals surface area contributed by atoms with Gasteiger partial charge >= 0.3 is 17.9 Å². The number of cyclic esters (lactones) is 1. The van der Waals surface area contributed by atoms with Crippen LogP contribution in [-0.2, 0) is 38.5 Å². The van der Waals surface area contributed by atoms with Crippen molar-refractivity contribution >= 4 is 17.9 Å². The van der Waals surface area contributed by atoms with Gasteiger partial charge in [-0.3, -0.25) is 4.79 Å². The lowest BCUT2D eigenvalue weighted by Gasteiger charge is -2.20. The summed E-state index contributed by atoms with van der Waals surface area (Å²) in [6.07, 6.45) is 3.30. The van der Waals surface area contributed by atoms with Crippen LogP contribution < -0.4 is 15.2 Å². The molecule has 9 heteroatoms. The van der Waals surface area contributed by atoms with E-state index >= 15 is 0 Å². The summed E-state index contributed by atoms with van der Waals surface area (Å²) in [4.78, 5) is 40.3. The molecule has 1 atom stereocenters. The van der Waals surface area contributed by atoms with Crippen LogP contribution in [0, 0.1) is 6.92 Å². The Morgan fingerprint density at radius 3 is 2.49 bits per heavy atom. The number of allylic oxidation sites excluding steroid dienone is 2. The van der Waals surface area contributed by atoms with E-state index in [4.69, 9.17) is 24.7 Å². The highest BCUT2D eigenvalue weighted by molar-refractivity contribution is 5.99. The van der Waals surface area contributed by atoms with Crippen LogP contribution in [0.1, 0.15) is 66.2 Å². The van der Waals surface area contributed by atoms with Crippen molar-refractivity contribution in [2.45, 2.75) is 66.0 Å². The van der Waals surface area contributed by atoms with E-state index in [2.05, 4.69) is 18.7 Å². The molecule has 0 saturated carbocycles. The molecule has 0 spiro atoms. The first kappa shape index (κ1) is 31.8. The minimum atomic E-state index is -0.935. The van der Waals surface area contributed by atoms with Gasteiger partial charge in [-0.2, -0.15) is 0 Å². The summed E-state index contributed by atoms with van der Waals surface area (Å²) < 4.78 is 22.3. The fraction of sp³-hybridized carbons (Fsp3) is 0.469. The molecule has 1 aliphatic heterocycles. The smallest absolute Gasteiger partial charge is 0.342 e. The van der Waals surface area contributed by atoms with Crippen LogP contribution >= 0.6 is 0 Å². The minimum absolute atomic E-state index is 0.0719. The number of hydrogen-bond acceptors (Lipinski definition) is 9. The molecule has 0 amide bonds. The van der Waals surface area contributed by atoms with E-state index in [0.29, 0.717) is 42.9 Å². The highest BCUT2D eigenvalue weighted by atomic mass is 16.6. The number of methoxy groups -OCH3 is 1. The lowest BCUT2D eigenvalue weighted by atomic mass is 9.94. The number of carbonyl (C=O) groups excluding carboxylic acids is 3. The van der Waals surface area contributed by atoms with Gasteiger partial charge in [0, 0.05) is 24.1 Å². The van der Waals surface area contributed by atoms with Crippen molar-refractivity contribution < 1.29 is 33.3 Å². The SMILES string of the molecule is CCN(CC)CCOC(=O)CC/C(C)=C/Cc1c(OC)c(C)c2c(c1OC(=O)C(N)Cc1ccccc1)C(=O)OC2. The number of likely N-dealkylation sites (N-methyl/N-ethyl adjacent to an activating group) is 1. The molecule has 222 valence electrons. The van der Waals surface area contributed by atoms with E-state index in [9.17, 15) is 14.4 Å². The monoisotopic (exact) mass is 566 g/mol. The zero-order chi connectivity index (χ0) is 29.9. The van der Waals surface area contributed by atoms with Gasteiger partial charge in [-0.05, 0) is 57.3 Å². The van der Waals surface area contributed by atoms with Crippen molar-refractivity contribution in [3.05, 3.63) is 69.8 Å². The molecule has 2 aromatic rings. The van der Waals surface area contributed by atoms with Crippen LogP contribution in [0.4, 0.5) is 0 Å². The molecule has 0 aromatic heterocycles. The lowest BCUT2D eigenvalue weighted by molar-refractivity contribution is -0.144. The summed E-state index contributed by atoms with van der Waals surface area (Å²) in [7, 11) is 1.54. The Bertz CT molecular complexity index is 1250. The second-order valence-corrected chi connectivity index (χ2v) is 10.1. The molecule has 0 radical (unpaired) electrons. The van der Waals surface area contributed by atoms with Gasteiger partial charge < -0.3 is 29.6 Å². The van der Waals surface area contributed by atoms with E-state index in [-0.39, 0.29) is 36.7 Å². The largest absolute Gasteiger partial charge is 0.496 e. The standard InChI is InChI=1S/C32H42N2O7/c1-6-34(7-2)17-18-39-27(35)16-14-21(3)13-15-24-29(38-5)22(4)25-20-40-32(37)28(25)30(24)41-31(36)26(33)19-23-11-9-8-10-12-23/h8-13,26H,6-7,14-20,33H2,1-5H3/b21-13+. The fourth-order valence-electron chi connectivity index (χ4n) is 4.83. The number of benzene rings is 2. The van der Waals surface area contributed by atoms with Crippen LogP contribution in [-0.4, -0.2) is 62.2 Å². The molecule has 41 heavy (non-hydrogen) atoms. The predicted octanol–water partition coefficient (Wildman–Crippen LogP) is 4.30. The van der Waals surface area contributed by atoms with Crippen molar-refractivity contribution in [1.82, 2.24) is 4.90 Å². The van der Waals surface area contributed by atoms with Crippen molar-refractivity contribution in [3.8, 4) is 11.5 Å². The molecule has 0 fully saturated rings. The molecule has 1 aliphatic rings. The van der Waals surface area contributed by atoms with Crippen LogP contribution in [0.25, 0.3) is 0 Å². The van der Waals surface area contributed by atoms with Gasteiger partial charge in [0.15, 0.2) is 5.75 Å². The first-order valence-electron chi connectivity index (χ1n) is 14.1. The summed E-state index contributed by atoms with van der Waals surface area (Å²) in [5, 5.41) is 0. The number of ether oxygens (including phenoxy) is 4. The summed E-state index contributed by atoms with van der Waals surface area (Å²) >= 11 is 0. The molecule has 1 unspecified atom stereocenters. The Balaban J connectivity index is 1.78. The Kier molecular flexibility index (Phi) is 11.9. The first-order valence-corrected chi connectivity index (χ1v) is 14.1. The Labute approximate surface area is 242 Å². The van der Waals surface area contributed by atoms with Crippen molar-refractivity contribution in [3.63, 3.8) is 0 Å². The Morgan fingerprint density at radius 2 is 1.83 bits per heavy atom. The molecule has 2 aromatic carbocycles. The van der Waals surface area contributed by atoms with Gasteiger partial charge in [0.2, 0.25) is 0 Å². The molecule has 2 N–H and O–H groups in total. The van der Waals surface area contributed by atoms with Crippen molar-refractivity contribution in [1.29, 1.82) is 0 Å². The summed E-state index contributed by atoms with van der Waals surface area (Å²) in [6.45, 7) is 10.9. The number of nitrogens with zero attached hydrogens (tertiary/aromatic N) is 1. The van der Waals surface area contributed by atoms with Gasteiger partial charge in [0.25, 0.3) is 0 Å². The zero-order valence-electron chi connectivity index (χ0n) is 24.8. The number of hydrogen-bond donors (Lipinski definition) is 1. The first-order chi connectivity index (χ1) is 19.7. The zero-order valence-corrected chi connectivity index (χ0v) is 24.8. The van der Waals surface area contributed by atoms with E-state index in [1.165, 1.54) is 7.11 Å². The van der Waals surface area contributed by atoms with E-state index in [0.717, 1.165) is 29.8 Å². The number of fused-ring (bicyclic) bond motifs is 1. The third kappa shape index (κ3) is 8.41. The average Bonchev–Trinajstić information content (AvgIpc) is 3.36. The molecule has 3 rings (SSSR count). The summed E-state index contributed by atoms with van der Waals surface area (Å²) in [5.74, 6) is -0.837. The second-order valence-electron chi connectivity index (χ2n) is 10.1. The highest BCUT2D eigenvalue weighted by Crippen LogP contribution is 2.43. The molecular formula is C32H42N2O7. The van der Waals surface area contributed by atoms with Gasteiger partial charge in [0.05, 0.1) is 7.11 Å². The minimum Gasteiger partial charge on any atom is -0.496 e. The van der Waals surface area contributed by atoms with Crippen LogP contribution in [0.2, 0.25) is 0 Å². The Hall–Kier alpha value is -3.69. The third-order valence-corrected chi connectivity index (χ3v) is 7.37. The average molecular weight is 567 g/mol. The summed E-state index contributed by atoms with van der Waals surface area (Å²) in [6, 6.07) is 8.47. The topological polar surface area (TPSA) is 117 Å². The molecule has 0 saturated heterocycles. The molecule has 0 aliphatic carbocycles. The van der Waals surface area contributed by atoms with Gasteiger partial charge in [-0.1, -0.05) is 55.8 Å². The maximum atomic E-state index is 13.1. The highest BCUT2D eigenvalue weighted by Gasteiger charge is 2.34. The normalized spacial score (nSPS) is 13.5. The van der Waals surface area contributed by atoms with Crippen LogP contribution in [0.3, 0.4) is 0 Å². The maximum Gasteiger partial charge on any atom is 0.342 e. The summed E-state index contributed by atoms with van der Waals surface area (Å²) in [5.41, 5.74) is 10.2.